The van der Waals surface area contributed by atoms with Crippen molar-refractivity contribution in [3.63, 3.8) is 0 Å². The number of hydrogen-bond donors (Lipinski definition) is 1. The lowest BCUT2D eigenvalue weighted by atomic mass is 9.76. The number of carbonyl (C=O) groups excluding carboxylic acids is 3. The van der Waals surface area contributed by atoms with E-state index in [2.05, 4.69) is 4.90 Å². The molecule has 0 aromatic carbocycles. The first kappa shape index (κ1) is 35.5. The minimum Gasteiger partial charge on any atom is -0.456 e. The number of aliphatic hydroxyl groups is 1. The van der Waals surface area contributed by atoms with Gasteiger partial charge in [0.05, 0.1) is 17.8 Å². The molecule has 4 unspecified atom stereocenters. The van der Waals surface area contributed by atoms with Gasteiger partial charge in [-0.05, 0) is 79.6 Å². The van der Waals surface area contributed by atoms with Gasteiger partial charge in [0.15, 0.2) is 17.9 Å². The number of ether oxygens (including phenoxy) is 4. The van der Waals surface area contributed by atoms with Crippen molar-refractivity contribution in [2.24, 2.45) is 17.8 Å². The topological polar surface area (TPSA) is 112 Å². The van der Waals surface area contributed by atoms with Crippen LogP contribution in [0.3, 0.4) is 0 Å². The molecular weight excluding hydrogens is 533 g/mol. The zero-order valence-electron chi connectivity index (χ0n) is 26.9. The molecule has 1 fully saturated rings. The lowest BCUT2D eigenvalue weighted by Crippen LogP contribution is -2.58. The van der Waals surface area contributed by atoms with E-state index in [4.69, 9.17) is 18.9 Å². The third-order valence-electron chi connectivity index (χ3n) is 9.03. The highest BCUT2D eigenvalue weighted by Crippen LogP contribution is 2.39. The van der Waals surface area contributed by atoms with Crippen LogP contribution in [0.2, 0.25) is 0 Å². The number of hydrogen-bond acceptors (Lipinski definition) is 9. The second-order valence-electron chi connectivity index (χ2n) is 13.0. The summed E-state index contributed by atoms with van der Waals surface area (Å²) in [5.74, 6) is -4.63. The SMILES string of the molecule is CC[C@H]1OC(=O)[C@@](C)(F)C(=O)[C@H](C)[C@@H](OC2OC(C)CC(N(C)C)C2C)[C@](C)(OC)C[C@@H](C)C(=O)/C(C)=C/[C@]1(C)O. The fourth-order valence-electron chi connectivity index (χ4n) is 6.45. The monoisotopic (exact) mass is 585 g/mol. The van der Waals surface area contributed by atoms with Crippen molar-refractivity contribution in [1.82, 2.24) is 4.90 Å². The molecule has 41 heavy (non-hydrogen) atoms. The number of nitrogens with zero attached hydrogens (tertiary/aromatic N) is 1. The number of ketones is 2. The molecule has 1 N–H and O–H groups in total. The molecule has 10 heteroatoms. The number of Topliss-reactive ketones (excluding diaryl/α,β-unsaturated/α-hetero) is 2. The Balaban J connectivity index is 2.68. The van der Waals surface area contributed by atoms with Crippen molar-refractivity contribution in [3.05, 3.63) is 11.6 Å². The zero-order valence-corrected chi connectivity index (χ0v) is 26.9. The average Bonchev–Trinajstić information content (AvgIpc) is 2.88. The van der Waals surface area contributed by atoms with E-state index in [0.29, 0.717) is 0 Å². The quantitative estimate of drug-likeness (QED) is 0.377. The van der Waals surface area contributed by atoms with Crippen LogP contribution in [0.5, 0.6) is 0 Å². The molecule has 0 aromatic heterocycles. The summed E-state index contributed by atoms with van der Waals surface area (Å²) in [4.78, 5) is 42.5. The van der Waals surface area contributed by atoms with Gasteiger partial charge >= 0.3 is 5.97 Å². The fourth-order valence-corrected chi connectivity index (χ4v) is 6.45. The third-order valence-corrected chi connectivity index (χ3v) is 9.03. The van der Waals surface area contributed by atoms with Crippen molar-refractivity contribution in [3.8, 4) is 0 Å². The minimum absolute atomic E-state index is 0.115. The lowest BCUT2D eigenvalue weighted by Gasteiger charge is -2.47. The fraction of sp³-hybridized carbons (Fsp3) is 0.839. The maximum atomic E-state index is 16.2. The highest BCUT2D eigenvalue weighted by Gasteiger charge is 2.54. The van der Waals surface area contributed by atoms with Crippen molar-refractivity contribution >= 4 is 17.5 Å². The minimum atomic E-state index is -3.04. The van der Waals surface area contributed by atoms with E-state index in [-0.39, 0.29) is 42.3 Å². The van der Waals surface area contributed by atoms with Gasteiger partial charge in [-0.25, -0.2) is 9.18 Å². The number of halogens is 1. The van der Waals surface area contributed by atoms with Crippen LogP contribution in [0.25, 0.3) is 0 Å². The molecule has 236 valence electrons. The molecule has 2 rings (SSSR count). The van der Waals surface area contributed by atoms with E-state index < -0.39 is 59.0 Å². The molecule has 0 bridgehead atoms. The average molecular weight is 586 g/mol. The van der Waals surface area contributed by atoms with Crippen molar-refractivity contribution in [2.75, 3.05) is 21.2 Å². The van der Waals surface area contributed by atoms with Gasteiger partial charge in [0.25, 0.3) is 5.67 Å². The summed E-state index contributed by atoms with van der Waals surface area (Å²) in [6.07, 6.45) is -0.819. The van der Waals surface area contributed by atoms with Crippen LogP contribution in [0, 0.1) is 17.8 Å². The maximum absolute atomic E-state index is 16.2. The van der Waals surface area contributed by atoms with E-state index in [1.54, 1.807) is 27.7 Å². The number of alkyl halides is 1. The van der Waals surface area contributed by atoms with Crippen molar-refractivity contribution in [1.29, 1.82) is 0 Å². The Hall–Kier alpha value is -1.72. The number of methoxy groups -OCH3 is 1. The molecule has 2 aliphatic heterocycles. The van der Waals surface area contributed by atoms with Gasteiger partial charge in [0, 0.05) is 30.9 Å². The van der Waals surface area contributed by atoms with E-state index in [9.17, 15) is 19.5 Å². The number of carbonyl (C=O) groups is 3. The number of rotatable bonds is 5. The van der Waals surface area contributed by atoms with Crippen LogP contribution >= 0.6 is 0 Å². The predicted molar refractivity (Wildman–Crippen MR) is 153 cm³/mol. The van der Waals surface area contributed by atoms with Gasteiger partial charge in [-0.1, -0.05) is 27.7 Å². The molecule has 2 aliphatic rings. The Bertz CT molecular complexity index is 995. The first-order chi connectivity index (χ1) is 18.7. The van der Waals surface area contributed by atoms with Crippen LogP contribution < -0.4 is 0 Å². The summed E-state index contributed by atoms with van der Waals surface area (Å²) in [5.41, 5.74) is -5.81. The number of esters is 1. The second-order valence-corrected chi connectivity index (χ2v) is 13.0. The van der Waals surface area contributed by atoms with E-state index >= 15 is 4.39 Å². The zero-order chi connectivity index (χ0) is 31.7. The molecule has 0 aliphatic carbocycles. The highest BCUT2D eigenvalue weighted by atomic mass is 19.1. The summed E-state index contributed by atoms with van der Waals surface area (Å²) in [7, 11) is 5.41. The van der Waals surface area contributed by atoms with Crippen LogP contribution in [0.15, 0.2) is 11.6 Å². The summed E-state index contributed by atoms with van der Waals surface area (Å²) in [6.45, 7) is 14.4. The standard InChI is InChI=1S/C31H52FNO8/c1-13-23-29(7,37)15-17(2)24(34)18(3)16-30(8,38-12)26(21(6)25(35)31(9,32)28(36)40-23)41-27-20(5)22(33(10)11)14-19(4)39-27/h15,18-23,26-27,37H,13-14,16H2,1-12H3/b17-15+/t18-,19?,20?,21+,22?,23-,26-,27?,29+,30-,31+/m1/s1. The third kappa shape index (κ3) is 7.63. The highest BCUT2D eigenvalue weighted by molar-refractivity contribution is 6.08. The molecule has 1 saturated heterocycles. The normalized spacial score (nSPS) is 45.1. The molecule has 0 amide bonds. The van der Waals surface area contributed by atoms with Crippen LogP contribution in [0.1, 0.15) is 81.6 Å². The largest absolute Gasteiger partial charge is 0.456 e. The predicted octanol–water partition coefficient (Wildman–Crippen LogP) is 4.04. The van der Waals surface area contributed by atoms with Gasteiger partial charge in [0.2, 0.25) is 0 Å². The Morgan fingerprint density at radius 1 is 1.12 bits per heavy atom. The Morgan fingerprint density at radius 3 is 2.22 bits per heavy atom. The Labute approximate surface area is 245 Å². The summed E-state index contributed by atoms with van der Waals surface area (Å²) in [5, 5.41) is 11.1. The van der Waals surface area contributed by atoms with E-state index in [0.717, 1.165) is 13.3 Å². The molecule has 0 saturated carbocycles. The maximum Gasteiger partial charge on any atom is 0.351 e. The van der Waals surface area contributed by atoms with E-state index in [1.165, 1.54) is 27.0 Å². The molecule has 0 spiro atoms. The van der Waals surface area contributed by atoms with E-state index in [1.807, 2.05) is 27.9 Å². The van der Waals surface area contributed by atoms with Crippen molar-refractivity contribution < 1.29 is 42.8 Å². The molecule has 0 aromatic rings. The van der Waals surface area contributed by atoms with Gasteiger partial charge in [0.1, 0.15) is 11.7 Å². The molecule has 0 radical (unpaired) electrons. The van der Waals surface area contributed by atoms with Crippen LogP contribution in [0.4, 0.5) is 4.39 Å². The summed E-state index contributed by atoms with van der Waals surface area (Å²) in [6, 6.07) is 0.121. The lowest BCUT2D eigenvalue weighted by molar-refractivity contribution is -0.281. The van der Waals surface area contributed by atoms with Crippen molar-refractivity contribution in [2.45, 2.75) is 129 Å². The van der Waals surface area contributed by atoms with Gasteiger partial charge in [-0.15, -0.1) is 0 Å². The Kier molecular flexibility index (Phi) is 11.5. The molecular formula is C31H52FNO8. The van der Waals surface area contributed by atoms with Crippen LogP contribution in [-0.4, -0.2) is 96.3 Å². The smallest absolute Gasteiger partial charge is 0.351 e. The number of cyclic esters (lactones) is 1. The summed E-state index contributed by atoms with van der Waals surface area (Å²) >= 11 is 0. The second kappa shape index (κ2) is 13.3. The van der Waals surface area contributed by atoms with Gasteiger partial charge < -0.3 is 29.0 Å². The van der Waals surface area contributed by atoms with Crippen LogP contribution in [-0.2, 0) is 33.3 Å². The Morgan fingerprint density at radius 2 is 1.71 bits per heavy atom. The molecule has 9 nitrogen and oxygen atoms in total. The number of allylic oxidation sites excluding steroid dienone is 1. The summed E-state index contributed by atoms with van der Waals surface area (Å²) < 4.78 is 40.3. The van der Waals surface area contributed by atoms with Gasteiger partial charge in [-0.3, -0.25) is 9.59 Å². The first-order valence-electron chi connectivity index (χ1n) is 14.7. The molecule has 2 heterocycles. The first-order valence-corrected chi connectivity index (χ1v) is 14.7. The van der Waals surface area contributed by atoms with Gasteiger partial charge in [-0.2, -0.15) is 0 Å². The molecule has 11 atom stereocenters.